The van der Waals surface area contributed by atoms with Crippen LogP contribution in [0.5, 0.6) is 5.75 Å². The van der Waals surface area contributed by atoms with Crippen LogP contribution >= 0.6 is 0 Å². The third-order valence-electron chi connectivity index (χ3n) is 4.72. The number of primary amides is 1. The number of rotatable bonds is 6. The van der Waals surface area contributed by atoms with E-state index in [4.69, 9.17) is 15.7 Å². The molecule has 146 valence electrons. The number of carbonyl (C=O) groups excluding carboxylic acids is 2. The quantitative estimate of drug-likeness (QED) is 0.506. The molecule has 1 aromatic carbocycles. The Bertz CT molecular complexity index is 900. The highest BCUT2D eigenvalue weighted by Gasteiger charge is 2.39. The number of aliphatic hydroxyl groups excluding tert-OH is 1. The fourth-order valence-electron chi connectivity index (χ4n) is 3.34. The van der Waals surface area contributed by atoms with Crippen molar-refractivity contribution in [2.75, 3.05) is 11.9 Å². The van der Waals surface area contributed by atoms with Crippen molar-refractivity contribution in [2.24, 2.45) is 5.73 Å². The van der Waals surface area contributed by atoms with E-state index in [0.717, 1.165) is 11.1 Å². The summed E-state index contributed by atoms with van der Waals surface area (Å²) in [4.78, 5) is 25.5. The number of aliphatic hydroxyl groups is 1. The number of nitrogens with zero attached hydrogens (tertiary/aromatic N) is 2. The Kier molecular flexibility index (Phi) is 5.66. The minimum absolute atomic E-state index is 0.270. The molecule has 3 rings (SSSR count). The number of nitrogens with one attached hydrogen (secondary N) is 1. The van der Waals surface area contributed by atoms with Crippen LogP contribution in [0, 0.1) is 18.3 Å². The molecule has 2 heterocycles. The summed E-state index contributed by atoms with van der Waals surface area (Å²) in [7, 11) is 0. The fraction of sp³-hybridized carbons (Fsp3) is 0.350. The summed E-state index contributed by atoms with van der Waals surface area (Å²) in [6.07, 6.45) is 4.72. The first-order valence-corrected chi connectivity index (χ1v) is 9.01. The first kappa shape index (κ1) is 19.5. The number of anilines is 1. The lowest BCUT2D eigenvalue weighted by Crippen LogP contribution is -2.42. The highest BCUT2D eigenvalue weighted by atomic mass is 16.5. The number of carbonyl (C=O) groups is 2. The highest BCUT2D eigenvalue weighted by molar-refractivity contribution is 6.03. The molecule has 8 nitrogen and oxygen atoms in total. The van der Waals surface area contributed by atoms with Gasteiger partial charge in [0, 0.05) is 18.7 Å². The minimum atomic E-state index is -1.02. The molecule has 2 aliphatic heterocycles. The Morgan fingerprint density at radius 3 is 3.04 bits per heavy atom. The van der Waals surface area contributed by atoms with Crippen LogP contribution in [-0.4, -0.2) is 40.7 Å². The summed E-state index contributed by atoms with van der Waals surface area (Å²) in [5.74, 6) is -0.345. The van der Waals surface area contributed by atoms with Crippen molar-refractivity contribution in [1.82, 2.24) is 4.90 Å². The number of hydrogen-bond donors (Lipinski definition) is 3. The Morgan fingerprint density at radius 1 is 1.54 bits per heavy atom. The molecule has 0 saturated heterocycles. The van der Waals surface area contributed by atoms with E-state index < -0.39 is 18.2 Å². The third-order valence-corrected chi connectivity index (χ3v) is 4.72. The number of fused-ring (bicyclic) bond motifs is 2. The number of benzene rings is 1. The normalized spacial score (nSPS) is 20.7. The molecule has 0 fully saturated rings. The van der Waals surface area contributed by atoms with Crippen LogP contribution in [0.1, 0.15) is 35.2 Å². The Morgan fingerprint density at radius 2 is 2.32 bits per heavy atom. The smallest absolute Gasteiger partial charge is 0.260 e. The minimum Gasteiger partial charge on any atom is -0.491 e. The zero-order chi connectivity index (χ0) is 20.3. The van der Waals surface area contributed by atoms with Gasteiger partial charge in [-0.1, -0.05) is 12.1 Å². The zero-order valence-electron chi connectivity index (χ0n) is 15.5. The first-order chi connectivity index (χ1) is 13.4. The topological polar surface area (TPSA) is 129 Å². The molecule has 28 heavy (non-hydrogen) atoms. The molecule has 2 unspecified atom stereocenters. The van der Waals surface area contributed by atoms with Gasteiger partial charge in [-0.05, 0) is 37.0 Å². The standard InChI is InChI=1S/C20H22N4O4/c1-12-4-6-14-17(18(12)28-9-3-2-8-21)23-19(26)15-10-13(5-7-16(22)25)11-24(15)20(14)27/h4-7,11,15,19,23,26H,2-3,9-10H2,1H3,(H2,22,25). The van der Waals surface area contributed by atoms with Crippen molar-refractivity contribution in [3.63, 3.8) is 0 Å². The van der Waals surface area contributed by atoms with E-state index in [1.165, 1.54) is 11.0 Å². The maximum Gasteiger partial charge on any atom is 0.260 e. The van der Waals surface area contributed by atoms with Gasteiger partial charge < -0.3 is 25.8 Å². The number of hydrogen-bond acceptors (Lipinski definition) is 6. The van der Waals surface area contributed by atoms with Crippen LogP contribution in [0.3, 0.4) is 0 Å². The van der Waals surface area contributed by atoms with Gasteiger partial charge in [0.25, 0.3) is 5.91 Å². The van der Waals surface area contributed by atoms with Gasteiger partial charge in [-0.3, -0.25) is 9.59 Å². The molecule has 0 aliphatic carbocycles. The van der Waals surface area contributed by atoms with E-state index in [-0.39, 0.29) is 5.91 Å². The molecular weight excluding hydrogens is 360 g/mol. The summed E-state index contributed by atoms with van der Waals surface area (Å²) >= 11 is 0. The number of ether oxygens (including phenoxy) is 1. The van der Waals surface area contributed by atoms with Crippen LogP contribution in [0.4, 0.5) is 5.69 Å². The Labute approximate surface area is 162 Å². The summed E-state index contributed by atoms with van der Waals surface area (Å²) in [6.45, 7) is 2.20. The maximum absolute atomic E-state index is 13.1. The molecule has 1 aromatic rings. The van der Waals surface area contributed by atoms with Crippen molar-refractivity contribution >= 4 is 17.5 Å². The van der Waals surface area contributed by atoms with E-state index in [1.54, 1.807) is 24.4 Å². The van der Waals surface area contributed by atoms with Crippen LogP contribution in [-0.2, 0) is 4.79 Å². The molecule has 2 atom stereocenters. The summed E-state index contributed by atoms with van der Waals surface area (Å²) < 4.78 is 5.82. The highest BCUT2D eigenvalue weighted by Crippen LogP contribution is 2.39. The Hall–Kier alpha value is -3.31. The molecule has 0 radical (unpaired) electrons. The van der Waals surface area contributed by atoms with E-state index >= 15 is 0 Å². The van der Waals surface area contributed by atoms with Crippen molar-refractivity contribution in [2.45, 2.75) is 38.5 Å². The lowest BCUT2D eigenvalue weighted by molar-refractivity contribution is -0.113. The number of allylic oxidation sites excluding steroid dienone is 1. The molecule has 0 saturated carbocycles. The van der Waals surface area contributed by atoms with E-state index in [0.29, 0.717) is 42.9 Å². The third kappa shape index (κ3) is 3.85. The number of amides is 2. The molecular formula is C20H22N4O4. The largest absolute Gasteiger partial charge is 0.491 e. The van der Waals surface area contributed by atoms with Crippen molar-refractivity contribution in [3.05, 3.63) is 47.2 Å². The predicted octanol–water partition coefficient (Wildman–Crippen LogP) is 1.56. The lowest BCUT2D eigenvalue weighted by atomic mass is 10.1. The summed E-state index contributed by atoms with van der Waals surface area (Å²) in [5, 5.41) is 22.4. The second-order valence-electron chi connectivity index (χ2n) is 6.76. The SMILES string of the molecule is Cc1ccc2c(c1OCCCC#N)NC(O)C1CC(C=CC(N)=O)=CN1C2=O. The second kappa shape index (κ2) is 8.15. The van der Waals surface area contributed by atoms with Gasteiger partial charge in [-0.2, -0.15) is 5.26 Å². The monoisotopic (exact) mass is 382 g/mol. The van der Waals surface area contributed by atoms with Crippen LogP contribution < -0.4 is 15.8 Å². The van der Waals surface area contributed by atoms with Crippen molar-refractivity contribution in [3.8, 4) is 11.8 Å². The zero-order valence-corrected chi connectivity index (χ0v) is 15.5. The van der Waals surface area contributed by atoms with Gasteiger partial charge in [0.15, 0.2) is 0 Å². The predicted molar refractivity (Wildman–Crippen MR) is 102 cm³/mol. The Balaban J connectivity index is 1.92. The number of nitriles is 1. The molecule has 2 amide bonds. The lowest BCUT2D eigenvalue weighted by Gasteiger charge is -2.25. The fourth-order valence-corrected chi connectivity index (χ4v) is 3.34. The van der Waals surface area contributed by atoms with E-state index in [2.05, 4.69) is 11.4 Å². The van der Waals surface area contributed by atoms with E-state index in [1.807, 2.05) is 6.92 Å². The first-order valence-electron chi connectivity index (χ1n) is 9.01. The van der Waals surface area contributed by atoms with Crippen LogP contribution in [0.15, 0.2) is 36.1 Å². The number of unbranched alkanes of at least 4 members (excludes halogenated alkanes) is 1. The van der Waals surface area contributed by atoms with Gasteiger partial charge in [-0.25, -0.2) is 0 Å². The molecule has 2 aliphatic rings. The average Bonchev–Trinajstić information content (AvgIpc) is 3.06. The summed E-state index contributed by atoms with van der Waals surface area (Å²) in [6, 6.07) is 5.04. The van der Waals surface area contributed by atoms with Gasteiger partial charge in [-0.15, -0.1) is 0 Å². The van der Waals surface area contributed by atoms with Crippen molar-refractivity contribution in [1.29, 1.82) is 5.26 Å². The molecule has 0 aromatic heterocycles. The van der Waals surface area contributed by atoms with Crippen LogP contribution in [0.25, 0.3) is 0 Å². The summed E-state index contributed by atoms with van der Waals surface area (Å²) in [5.41, 5.74) is 7.51. The number of aryl methyl sites for hydroxylation is 1. The maximum atomic E-state index is 13.1. The van der Waals surface area contributed by atoms with Gasteiger partial charge in [0.1, 0.15) is 12.0 Å². The molecule has 8 heteroatoms. The van der Waals surface area contributed by atoms with Crippen molar-refractivity contribution < 1.29 is 19.4 Å². The second-order valence-corrected chi connectivity index (χ2v) is 6.76. The van der Waals surface area contributed by atoms with Gasteiger partial charge >= 0.3 is 0 Å². The van der Waals surface area contributed by atoms with E-state index in [9.17, 15) is 14.7 Å². The molecule has 0 bridgehead atoms. The van der Waals surface area contributed by atoms with Gasteiger partial charge in [0.2, 0.25) is 5.91 Å². The van der Waals surface area contributed by atoms with Gasteiger partial charge in [0.05, 0.1) is 30.0 Å². The molecule has 4 N–H and O–H groups in total. The number of nitrogens with two attached hydrogens (primary N) is 1. The van der Waals surface area contributed by atoms with Crippen LogP contribution in [0.2, 0.25) is 0 Å². The average molecular weight is 382 g/mol. The molecule has 0 spiro atoms.